The van der Waals surface area contributed by atoms with Gasteiger partial charge < -0.3 is 5.11 Å². The van der Waals surface area contributed by atoms with E-state index in [-0.39, 0.29) is 0 Å². The Morgan fingerprint density at radius 1 is 1.53 bits per heavy atom. The first kappa shape index (κ1) is 13.1. The van der Waals surface area contributed by atoms with Crippen LogP contribution in [-0.2, 0) is 18.3 Å². The van der Waals surface area contributed by atoms with Crippen LogP contribution in [0.4, 0.5) is 0 Å². The van der Waals surface area contributed by atoms with Crippen molar-refractivity contribution in [2.45, 2.75) is 20.3 Å². The van der Waals surface area contributed by atoms with Gasteiger partial charge in [0.1, 0.15) is 11.6 Å². The largest absolute Gasteiger partial charge is 0.478 e. The van der Waals surface area contributed by atoms with E-state index in [1.807, 2.05) is 31.7 Å². The first-order valence-electron chi connectivity index (χ1n) is 6.01. The van der Waals surface area contributed by atoms with Gasteiger partial charge in [0.25, 0.3) is 0 Å². The van der Waals surface area contributed by atoms with Gasteiger partial charge in [-0.2, -0.15) is 5.10 Å². The van der Waals surface area contributed by atoms with E-state index in [2.05, 4.69) is 10.1 Å². The zero-order valence-corrected chi connectivity index (χ0v) is 11.2. The number of imidazole rings is 1. The second kappa shape index (κ2) is 5.09. The molecule has 0 saturated carbocycles. The summed E-state index contributed by atoms with van der Waals surface area (Å²) < 4.78 is 3.67. The number of carbonyl (C=O) groups is 1. The SMILES string of the molecule is CCc1nccn1-c1c(/C=C/C(=O)O)c(C)nn1C. The minimum atomic E-state index is -0.976. The molecule has 0 unspecified atom stereocenters. The van der Waals surface area contributed by atoms with Crippen molar-refractivity contribution in [1.82, 2.24) is 19.3 Å². The van der Waals surface area contributed by atoms with Gasteiger partial charge in [-0.15, -0.1) is 0 Å². The third-order valence-corrected chi connectivity index (χ3v) is 2.89. The lowest BCUT2D eigenvalue weighted by Gasteiger charge is -2.08. The molecule has 0 saturated heterocycles. The maximum atomic E-state index is 10.7. The van der Waals surface area contributed by atoms with Crippen LogP contribution in [0.15, 0.2) is 18.5 Å². The normalized spacial score (nSPS) is 11.3. The number of rotatable bonds is 4. The van der Waals surface area contributed by atoms with Crippen molar-refractivity contribution in [3.8, 4) is 5.82 Å². The van der Waals surface area contributed by atoms with Crippen molar-refractivity contribution in [1.29, 1.82) is 0 Å². The molecule has 0 spiro atoms. The number of carboxylic acid groups (broad SMARTS) is 1. The van der Waals surface area contributed by atoms with Gasteiger partial charge in [0.15, 0.2) is 0 Å². The fraction of sp³-hybridized carbons (Fsp3) is 0.308. The Morgan fingerprint density at radius 3 is 2.89 bits per heavy atom. The van der Waals surface area contributed by atoms with E-state index in [0.717, 1.165) is 35.4 Å². The van der Waals surface area contributed by atoms with Crippen LogP contribution in [0.5, 0.6) is 0 Å². The van der Waals surface area contributed by atoms with Crippen molar-refractivity contribution in [2.75, 3.05) is 0 Å². The molecule has 0 aliphatic carbocycles. The molecule has 2 rings (SSSR count). The predicted octanol–water partition coefficient (Wildman–Crippen LogP) is 1.57. The maximum Gasteiger partial charge on any atom is 0.328 e. The molecule has 0 radical (unpaired) electrons. The topological polar surface area (TPSA) is 72.9 Å². The summed E-state index contributed by atoms with van der Waals surface area (Å²) >= 11 is 0. The van der Waals surface area contributed by atoms with E-state index < -0.39 is 5.97 Å². The van der Waals surface area contributed by atoms with Gasteiger partial charge in [0, 0.05) is 37.5 Å². The molecule has 0 fully saturated rings. The van der Waals surface area contributed by atoms with Crippen LogP contribution in [0.2, 0.25) is 0 Å². The first-order chi connectivity index (χ1) is 9.04. The van der Waals surface area contributed by atoms with Crippen LogP contribution in [-0.4, -0.2) is 30.4 Å². The Hall–Kier alpha value is -2.37. The third-order valence-electron chi connectivity index (χ3n) is 2.89. The van der Waals surface area contributed by atoms with E-state index in [0.29, 0.717) is 0 Å². The van der Waals surface area contributed by atoms with Gasteiger partial charge in [0.2, 0.25) is 0 Å². The van der Waals surface area contributed by atoms with Crippen molar-refractivity contribution in [3.63, 3.8) is 0 Å². The Kier molecular flexibility index (Phi) is 3.50. The van der Waals surface area contributed by atoms with Crippen LogP contribution in [0, 0.1) is 6.92 Å². The number of hydrogen-bond acceptors (Lipinski definition) is 3. The fourth-order valence-corrected chi connectivity index (χ4v) is 2.09. The van der Waals surface area contributed by atoms with Crippen LogP contribution in [0.1, 0.15) is 24.0 Å². The zero-order chi connectivity index (χ0) is 14.0. The quantitative estimate of drug-likeness (QED) is 0.847. The highest BCUT2D eigenvalue weighted by atomic mass is 16.4. The molecule has 6 nitrogen and oxygen atoms in total. The minimum absolute atomic E-state index is 0.783. The van der Waals surface area contributed by atoms with E-state index in [4.69, 9.17) is 5.11 Å². The number of aliphatic carboxylic acids is 1. The molecule has 2 aromatic rings. The van der Waals surface area contributed by atoms with E-state index in [9.17, 15) is 4.79 Å². The van der Waals surface area contributed by atoms with E-state index >= 15 is 0 Å². The molecule has 0 bridgehead atoms. The minimum Gasteiger partial charge on any atom is -0.478 e. The summed E-state index contributed by atoms with van der Waals surface area (Å²) in [6.45, 7) is 3.88. The van der Waals surface area contributed by atoms with E-state index in [1.165, 1.54) is 0 Å². The highest BCUT2D eigenvalue weighted by Gasteiger charge is 2.15. The number of aryl methyl sites for hydroxylation is 3. The lowest BCUT2D eigenvalue weighted by molar-refractivity contribution is -0.131. The number of carboxylic acids is 1. The van der Waals surface area contributed by atoms with Crippen molar-refractivity contribution < 1.29 is 9.90 Å². The third kappa shape index (κ3) is 2.42. The zero-order valence-electron chi connectivity index (χ0n) is 11.2. The molecule has 0 aromatic carbocycles. The summed E-state index contributed by atoms with van der Waals surface area (Å²) in [6, 6.07) is 0. The molecular formula is C13H16N4O2. The summed E-state index contributed by atoms with van der Waals surface area (Å²) in [5.41, 5.74) is 1.57. The molecule has 0 atom stereocenters. The van der Waals surface area contributed by atoms with Crippen LogP contribution < -0.4 is 0 Å². The van der Waals surface area contributed by atoms with Gasteiger partial charge >= 0.3 is 5.97 Å². The average Bonchev–Trinajstić information content (AvgIpc) is 2.90. The van der Waals surface area contributed by atoms with Gasteiger partial charge in [0.05, 0.1) is 5.69 Å². The highest BCUT2D eigenvalue weighted by molar-refractivity contribution is 5.86. The Balaban J connectivity index is 2.60. The molecule has 19 heavy (non-hydrogen) atoms. The summed E-state index contributed by atoms with van der Waals surface area (Å²) in [5, 5.41) is 13.1. The van der Waals surface area contributed by atoms with E-state index in [1.54, 1.807) is 17.0 Å². The lowest BCUT2D eigenvalue weighted by atomic mass is 10.2. The van der Waals surface area contributed by atoms with Gasteiger partial charge in [-0.25, -0.2) is 9.78 Å². The van der Waals surface area contributed by atoms with Gasteiger partial charge in [-0.05, 0) is 13.0 Å². The highest BCUT2D eigenvalue weighted by Crippen LogP contribution is 2.21. The molecule has 1 N–H and O–H groups in total. The molecule has 0 amide bonds. The molecule has 2 heterocycles. The standard InChI is InChI=1S/C13H16N4O2/c1-4-11-14-7-8-17(11)13-10(5-6-12(18)19)9(2)15-16(13)3/h5-8H,4H2,1-3H3,(H,18,19)/b6-5+. The second-order valence-electron chi connectivity index (χ2n) is 4.18. The Bertz CT molecular complexity index is 637. The van der Waals surface area contributed by atoms with Crippen LogP contribution in [0.3, 0.4) is 0 Å². The van der Waals surface area contributed by atoms with Crippen molar-refractivity contribution >= 4 is 12.0 Å². The van der Waals surface area contributed by atoms with Crippen molar-refractivity contribution in [2.24, 2.45) is 7.05 Å². The first-order valence-corrected chi connectivity index (χ1v) is 6.01. The summed E-state index contributed by atoms with van der Waals surface area (Å²) in [6.07, 6.45) is 7.06. The molecule has 100 valence electrons. The van der Waals surface area contributed by atoms with Crippen LogP contribution >= 0.6 is 0 Å². The fourth-order valence-electron chi connectivity index (χ4n) is 2.09. The van der Waals surface area contributed by atoms with Crippen LogP contribution in [0.25, 0.3) is 11.9 Å². The smallest absolute Gasteiger partial charge is 0.328 e. The predicted molar refractivity (Wildman–Crippen MR) is 71.1 cm³/mol. The van der Waals surface area contributed by atoms with Gasteiger partial charge in [-0.3, -0.25) is 9.25 Å². The molecule has 0 aliphatic rings. The van der Waals surface area contributed by atoms with Gasteiger partial charge in [-0.1, -0.05) is 6.92 Å². The summed E-state index contributed by atoms with van der Waals surface area (Å²) in [7, 11) is 1.83. The average molecular weight is 260 g/mol. The number of aromatic nitrogens is 4. The number of hydrogen-bond donors (Lipinski definition) is 1. The van der Waals surface area contributed by atoms with Crippen molar-refractivity contribution in [3.05, 3.63) is 35.6 Å². The Labute approximate surface area is 111 Å². The maximum absolute atomic E-state index is 10.7. The molecule has 2 aromatic heterocycles. The summed E-state index contributed by atoms with van der Waals surface area (Å²) in [4.78, 5) is 15.0. The second-order valence-corrected chi connectivity index (χ2v) is 4.18. The summed E-state index contributed by atoms with van der Waals surface area (Å²) in [5.74, 6) is 0.757. The number of nitrogens with zero attached hydrogens (tertiary/aromatic N) is 4. The molecule has 0 aliphatic heterocycles. The molecule has 6 heteroatoms. The monoisotopic (exact) mass is 260 g/mol. The Morgan fingerprint density at radius 2 is 2.26 bits per heavy atom. The molecular weight excluding hydrogens is 244 g/mol. The lowest BCUT2D eigenvalue weighted by Crippen LogP contribution is -2.06.